The zero-order chi connectivity index (χ0) is 30.7. The molecule has 0 saturated carbocycles. The van der Waals surface area contributed by atoms with Gasteiger partial charge in [-0.15, -0.1) is 0 Å². The number of nitrogens with zero attached hydrogens (tertiary/aromatic N) is 3. The molecule has 1 N–H and O–H groups in total. The van der Waals surface area contributed by atoms with E-state index >= 15 is 0 Å². The summed E-state index contributed by atoms with van der Waals surface area (Å²) in [4.78, 5) is 21.3. The van der Waals surface area contributed by atoms with E-state index in [4.69, 9.17) is 11.6 Å². The molecule has 6 heteroatoms. The molecular weight excluding hydrogens is 554 g/mol. The topological polar surface area (TPSA) is 47.0 Å². The van der Waals surface area contributed by atoms with Gasteiger partial charge in [-0.1, -0.05) is 102 Å². The van der Waals surface area contributed by atoms with Crippen molar-refractivity contribution in [3.63, 3.8) is 0 Å². The highest BCUT2D eigenvalue weighted by Gasteiger charge is 2.44. The van der Waals surface area contributed by atoms with Gasteiger partial charge in [0, 0.05) is 50.8 Å². The number of β-amino-alcohol motifs (C(OH)–C–C–N with tert-alkyl or cyclic N) is 1. The summed E-state index contributed by atoms with van der Waals surface area (Å²) >= 11 is 6.06. The highest BCUT2D eigenvalue weighted by Crippen LogP contribution is 2.48. The second kappa shape index (κ2) is 11.3. The largest absolute Gasteiger partial charge is 0.390 e. The summed E-state index contributed by atoms with van der Waals surface area (Å²) in [6.07, 6.45) is -0.547. The van der Waals surface area contributed by atoms with Crippen molar-refractivity contribution in [2.24, 2.45) is 0 Å². The molecule has 3 aliphatic rings. The van der Waals surface area contributed by atoms with Gasteiger partial charge in [0.15, 0.2) is 0 Å². The minimum Gasteiger partial charge on any atom is -0.390 e. The molecule has 1 aliphatic carbocycles. The predicted molar refractivity (Wildman–Crippen MR) is 176 cm³/mol. The zero-order valence-electron chi connectivity index (χ0n) is 26.5. The van der Waals surface area contributed by atoms with Gasteiger partial charge in [0.1, 0.15) is 0 Å². The molecule has 0 unspecified atom stereocenters. The van der Waals surface area contributed by atoms with Crippen LogP contribution in [0.5, 0.6) is 0 Å². The fraction of sp³-hybridized carbons (Fsp3) is 0.486. The van der Waals surface area contributed by atoms with Crippen molar-refractivity contribution in [2.45, 2.75) is 77.0 Å². The maximum absolute atomic E-state index is 14.5. The van der Waals surface area contributed by atoms with Crippen LogP contribution in [0.3, 0.4) is 0 Å². The first-order valence-electron chi connectivity index (χ1n) is 15.8. The summed E-state index contributed by atoms with van der Waals surface area (Å²) in [7, 11) is 0. The molecule has 2 fully saturated rings. The van der Waals surface area contributed by atoms with Crippen molar-refractivity contribution >= 4 is 17.5 Å². The van der Waals surface area contributed by atoms with Crippen LogP contribution in [0.15, 0.2) is 60.7 Å². The lowest BCUT2D eigenvalue weighted by atomic mass is 9.83. The number of hydrogen-bond donors (Lipinski definition) is 1. The van der Waals surface area contributed by atoms with E-state index in [0.29, 0.717) is 13.1 Å². The second-order valence-electron chi connectivity index (χ2n) is 14.9. The van der Waals surface area contributed by atoms with Crippen molar-refractivity contribution in [1.82, 2.24) is 14.7 Å². The fourth-order valence-corrected chi connectivity index (χ4v) is 7.18. The molecule has 3 aromatic carbocycles. The van der Waals surface area contributed by atoms with E-state index in [1.165, 1.54) is 16.7 Å². The smallest absolute Gasteiger partial charge is 0.234 e. The normalized spacial score (nSPS) is 21.7. The molecule has 0 bridgehead atoms. The molecule has 2 aliphatic heterocycles. The molecular formula is C37H46ClN3O2. The number of carbonyl (C=O) groups excluding carboxylic acids is 1. The van der Waals surface area contributed by atoms with Crippen LogP contribution in [0.25, 0.3) is 11.1 Å². The van der Waals surface area contributed by atoms with Gasteiger partial charge in [0.25, 0.3) is 0 Å². The third kappa shape index (κ3) is 6.02. The molecule has 1 amide bonds. The Morgan fingerprint density at radius 1 is 0.791 bits per heavy atom. The molecule has 228 valence electrons. The van der Waals surface area contributed by atoms with Crippen molar-refractivity contribution in [3.8, 4) is 11.1 Å². The van der Waals surface area contributed by atoms with E-state index in [-0.39, 0.29) is 28.7 Å². The number of halogens is 1. The number of carbonyl (C=O) groups is 1. The Balaban J connectivity index is 1.21. The first-order chi connectivity index (χ1) is 20.3. The minimum atomic E-state index is -0.547. The first-order valence-corrected chi connectivity index (χ1v) is 16.1. The standard InChI is InChI=1S/C37H46ClN3O2/c1-36(2,3)25-9-13-28-29-14-10-26(37(4,5)6)20-31(29)34(30(28)19-25)35(43)41-22-32(33(42)23-41)40-17-15-39(16-18-40)21-24-7-11-27(38)12-8-24/h7-14,19-20,32-34,42H,15-18,21-23H2,1-6H3/t32-,33-/m0/s1. The highest BCUT2D eigenvalue weighted by atomic mass is 35.5. The Morgan fingerprint density at radius 3 is 1.84 bits per heavy atom. The Kier molecular flexibility index (Phi) is 8.00. The molecule has 2 saturated heterocycles. The van der Waals surface area contributed by atoms with Crippen LogP contribution in [-0.2, 0) is 22.2 Å². The summed E-state index contributed by atoms with van der Waals surface area (Å²) < 4.78 is 0. The maximum atomic E-state index is 14.5. The van der Waals surface area contributed by atoms with Crippen LogP contribution in [0.2, 0.25) is 5.02 Å². The van der Waals surface area contributed by atoms with Crippen molar-refractivity contribution in [3.05, 3.63) is 93.5 Å². The number of rotatable bonds is 4. The number of fused-ring (bicyclic) bond motifs is 3. The Hall–Kier alpha value is -2.70. The molecule has 2 atom stereocenters. The number of amides is 1. The summed E-state index contributed by atoms with van der Waals surface area (Å²) in [5.74, 6) is -0.239. The van der Waals surface area contributed by atoms with Gasteiger partial charge >= 0.3 is 0 Å². The summed E-state index contributed by atoms with van der Waals surface area (Å²) in [6, 6.07) is 21.4. The molecule has 43 heavy (non-hydrogen) atoms. The van der Waals surface area contributed by atoms with E-state index in [1.54, 1.807) is 0 Å². The van der Waals surface area contributed by atoms with Crippen LogP contribution < -0.4 is 0 Å². The zero-order valence-corrected chi connectivity index (χ0v) is 27.3. The molecule has 0 radical (unpaired) electrons. The number of likely N-dealkylation sites (tertiary alicyclic amines) is 1. The van der Waals surface area contributed by atoms with E-state index in [0.717, 1.165) is 60.0 Å². The highest BCUT2D eigenvalue weighted by molar-refractivity contribution is 6.30. The SMILES string of the molecule is CC(C)(C)c1ccc2c(c1)C(C(=O)N1C[C@H](O)[C@@H](N3CCN(Cc4ccc(Cl)cc4)CC3)C1)c1cc(C(C)(C)C)ccc1-2. The van der Waals surface area contributed by atoms with Crippen LogP contribution >= 0.6 is 11.6 Å². The molecule has 0 spiro atoms. The molecule has 3 aromatic rings. The van der Waals surface area contributed by atoms with Gasteiger partial charge in [-0.25, -0.2) is 0 Å². The van der Waals surface area contributed by atoms with Gasteiger partial charge in [0.05, 0.1) is 18.1 Å². The lowest BCUT2D eigenvalue weighted by Crippen LogP contribution is -2.53. The van der Waals surface area contributed by atoms with Gasteiger partial charge in [-0.3, -0.25) is 14.6 Å². The number of aliphatic hydroxyl groups is 1. The van der Waals surface area contributed by atoms with E-state index in [9.17, 15) is 9.90 Å². The number of benzene rings is 3. The summed E-state index contributed by atoms with van der Waals surface area (Å²) in [5, 5.41) is 12.0. The van der Waals surface area contributed by atoms with Crippen molar-refractivity contribution in [1.29, 1.82) is 0 Å². The van der Waals surface area contributed by atoms with Crippen LogP contribution in [0.4, 0.5) is 0 Å². The van der Waals surface area contributed by atoms with Gasteiger partial charge < -0.3 is 10.0 Å². The monoisotopic (exact) mass is 599 g/mol. The van der Waals surface area contributed by atoms with Crippen LogP contribution in [-0.4, -0.2) is 77.1 Å². The average Bonchev–Trinajstić information content (AvgIpc) is 3.50. The minimum absolute atomic E-state index is 0.0153. The number of hydrogen-bond acceptors (Lipinski definition) is 4. The van der Waals surface area contributed by atoms with Crippen molar-refractivity contribution < 1.29 is 9.90 Å². The fourth-order valence-electron chi connectivity index (χ4n) is 7.05. The Bertz CT molecular complexity index is 1430. The van der Waals surface area contributed by atoms with E-state index < -0.39 is 6.10 Å². The quantitative estimate of drug-likeness (QED) is 0.375. The number of aliphatic hydroxyl groups excluding tert-OH is 1. The van der Waals surface area contributed by atoms with Crippen LogP contribution in [0, 0.1) is 0 Å². The first kappa shape index (κ1) is 30.3. The van der Waals surface area contributed by atoms with Crippen molar-refractivity contribution in [2.75, 3.05) is 39.3 Å². The molecule has 2 heterocycles. The van der Waals surface area contributed by atoms with E-state index in [2.05, 4.69) is 99.9 Å². The molecule has 0 aromatic heterocycles. The predicted octanol–water partition coefficient (Wildman–Crippen LogP) is 6.44. The second-order valence-corrected chi connectivity index (χ2v) is 15.3. The lowest BCUT2D eigenvalue weighted by molar-refractivity contribution is -0.131. The van der Waals surface area contributed by atoms with Gasteiger partial charge in [0.2, 0.25) is 5.91 Å². The third-order valence-corrected chi connectivity index (χ3v) is 10.0. The summed E-state index contributed by atoms with van der Waals surface area (Å²) in [6.45, 7) is 18.8. The van der Waals surface area contributed by atoms with Crippen LogP contribution in [0.1, 0.15) is 75.3 Å². The Morgan fingerprint density at radius 2 is 1.33 bits per heavy atom. The third-order valence-electron chi connectivity index (χ3n) is 9.76. The molecule has 5 nitrogen and oxygen atoms in total. The van der Waals surface area contributed by atoms with E-state index in [1.807, 2.05) is 17.0 Å². The summed E-state index contributed by atoms with van der Waals surface area (Å²) in [5.41, 5.74) is 8.24. The van der Waals surface area contributed by atoms with Gasteiger partial charge in [-0.05, 0) is 61.9 Å². The Labute approximate surface area is 262 Å². The van der Waals surface area contributed by atoms with Gasteiger partial charge in [-0.2, -0.15) is 0 Å². The lowest BCUT2D eigenvalue weighted by Gasteiger charge is -2.38. The maximum Gasteiger partial charge on any atom is 0.234 e. The average molecular weight is 600 g/mol. The molecule has 6 rings (SSSR count). The number of piperazine rings is 1.